The molecular formula is C18H17FN2O2S. The topological polar surface area (TPSA) is 45.8 Å². The molecule has 1 aromatic carbocycles. The van der Waals surface area contributed by atoms with Crippen molar-refractivity contribution >= 4 is 28.9 Å². The first-order valence-electron chi connectivity index (χ1n) is 7.74. The maximum atomic E-state index is 13.0. The number of aliphatic imine (C=N–C) groups is 1. The zero-order valence-corrected chi connectivity index (χ0v) is 14.3. The third-order valence-electron chi connectivity index (χ3n) is 3.53. The lowest BCUT2D eigenvalue weighted by Gasteiger charge is -2.11. The highest BCUT2D eigenvalue weighted by molar-refractivity contribution is 8.18. The summed E-state index contributed by atoms with van der Waals surface area (Å²) in [5.41, 5.74) is 0.787. The molecule has 0 N–H and O–H groups in total. The Labute approximate surface area is 144 Å². The molecule has 1 aromatic heterocycles. The normalized spacial score (nSPS) is 18.1. The van der Waals surface area contributed by atoms with Gasteiger partial charge in [-0.2, -0.15) is 0 Å². The van der Waals surface area contributed by atoms with Crippen molar-refractivity contribution in [3.63, 3.8) is 0 Å². The Morgan fingerprint density at radius 2 is 1.96 bits per heavy atom. The van der Waals surface area contributed by atoms with Crippen molar-refractivity contribution in [1.82, 2.24) is 4.90 Å². The molecular weight excluding hydrogens is 327 g/mol. The molecule has 1 aliphatic rings. The summed E-state index contributed by atoms with van der Waals surface area (Å²) < 4.78 is 18.8. The molecule has 24 heavy (non-hydrogen) atoms. The number of hydrogen-bond acceptors (Lipinski definition) is 4. The molecule has 124 valence electrons. The zero-order valence-electron chi connectivity index (χ0n) is 13.5. The predicted octanol–water partition coefficient (Wildman–Crippen LogP) is 4.40. The minimum absolute atomic E-state index is 0.0607. The summed E-state index contributed by atoms with van der Waals surface area (Å²) in [5, 5.41) is 0.724. The van der Waals surface area contributed by atoms with E-state index in [1.165, 1.54) is 23.9 Å². The van der Waals surface area contributed by atoms with Crippen molar-refractivity contribution in [2.75, 3.05) is 13.1 Å². The SMILES string of the molecule is CCN=C1S/C(=C/c2ccc(-c3ccc(F)cc3)o2)C(=O)N1CC. The van der Waals surface area contributed by atoms with Gasteiger partial charge in [0.15, 0.2) is 5.17 Å². The molecule has 6 heteroatoms. The second-order valence-corrected chi connectivity index (χ2v) is 6.13. The number of thioether (sulfide) groups is 1. The number of nitrogens with zero attached hydrogens (tertiary/aromatic N) is 2. The molecule has 1 amide bonds. The highest BCUT2D eigenvalue weighted by Gasteiger charge is 2.32. The van der Waals surface area contributed by atoms with E-state index >= 15 is 0 Å². The maximum Gasteiger partial charge on any atom is 0.266 e. The Bertz CT molecular complexity index is 809. The number of likely N-dealkylation sites (N-methyl/N-ethyl adjacent to an activating group) is 1. The van der Waals surface area contributed by atoms with Crippen LogP contribution >= 0.6 is 11.8 Å². The number of hydrogen-bond donors (Lipinski definition) is 0. The van der Waals surface area contributed by atoms with Gasteiger partial charge in [-0.25, -0.2) is 4.39 Å². The summed E-state index contributed by atoms with van der Waals surface area (Å²) >= 11 is 1.36. The monoisotopic (exact) mass is 344 g/mol. The number of halogens is 1. The number of carbonyl (C=O) groups excluding carboxylic acids is 1. The van der Waals surface area contributed by atoms with Crippen LogP contribution < -0.4 is 0 Å². The van der Waals surface area contributed by atoms with Crippen molar-refractivity contribution in [3.05, 3.63) is 52.9 Å². The molecule has 1 aliphatic heterocycles. The number of amides is 1. The smallest absolute Gasteiger partial charge is 0.266 e. The standard InChI is InChI=1S/C18H17FN2O2S/c1-3-20-18-21(4-2)17(22)16(24-18)11-14-9-10-15(23-14)12-5-7-13(19)8-6-12/h5-11H,3-4H2,1-2H3/b16-11+,20-18?. The Hall–Kier alpha value is -2.34. The van der Waals surface area contributed by atoms with E-state index in [0.29, 0.717) is 29.5 Å². The highest BCUT2D eigenvalue weighted by atomic mass is 32.2. The fourth-order valence-electron chi connectivity index (χ4n) is 2.37. The highest BCUT2D eigenvalue weighted by Crippen LogP contribution is 2.33. The molecule has 0 bridgehead atoms. The van der Waals surface area contributed by atoms with Gasteiger partial charge in [0, 0.05) is 24.7 Å². The van der Waals surface area contributed by atoms with Gasteiger partial charge in [0.2, 0.25) is 0 Å². The first-order valence-corrected chi connectivity index (χ1v) is 8.55. The first kappa shape index (κ1) is 16.5. The van der Waals surface area contributed by atoms with Gasteiger partial charge in [-0.3, -0.25) is 14.7 Å². The lowest BCUT2D eigenvalue weighted by molar-refractivity contribution is -0.122. The van der Waals surface area contributed by atoms with Gasteiger partial charge in [-0.15, -0.1) is 0 Å². The second kappa shape index (κ2) is 7.05. The Morgan fingerprint density at radius 3 is 2.62 bits per heavy atom. The summed E-state index contributed by atoms with van der Waals surface area (Å²) in [5.74, 6) is 0.864. The van der Waals surface area contributed by atoms with Crippen molar-refractivity contribution in [3.8, 4) is 11.3 Å². The summed E-state index contributed by atoms with van der Waals surface area (Å²) in [4.78, 5) is 19.0. The van der Waals surface area contributed by atoms with Gasteiger partial charge >= 0.3 is 0 Å². The Morgan fingerprint density at radius 1 is 1.21 bits per heavy atom. The average Bonchev–Trinajstić information content (AvgIpc) is 3.14. The second-order valence-electron chi connectivity index (χ2n) is 5.13. The number of furan rings is 1. The summed E-state index contributed by atoms with van der Waals surface area (Å²) in [6.45, 7) is 5.08. The van der Waals surface area contributed by atoms with Crippen molar-refractivity contribution in [2.45, 2.75) is 13.8 Å². The molecule has 1 fully saturated rings. The van der Waals surface area contributed by atoms with Crippen molar-refractivity contribution in [2.24, 2.45) is 4.99 Å². The molecule has 3 rings (SSSR count). The molecule has 0 spiro atoms. The van der Waals surface area contributed by atoms with E-state index in [-0.39, 0.29) is 11.7 Å². The van der Waals surface area contributed by atoms with Crippen molar-refractivity contribution < 1.29 is 13.6 Å². The van der Waals surface area contributed by atoms with Crippen LogP contribution in [0.1, 0.15) is 19.6 Å². The van der Waals surface area contributed by atoms with Crippen LogP contribution in [0.2, 0.25) is 0 Å². The minimum atomic E-state index is -0.289. The van der Waals surface area contributed by atoms with Crippen LogP contribution in [-0.4, -0.2) is 29.1 Å². The van der Waals surface area contributed by atoms with Crippen LogP contribution in [0.4, 0.5) is 4.39 Å². The molecule has 1 saturated heterocycles. The van der Waals surface area contributed by atoms with E-state index in [4.69, 9.17) is 4.42 Å². The van der Waals surface area contributed by atoms with E-state index in [0.717, 1.165) is 10.7 Å². The van der Waals surface area contributed by atoms with E-state index in [1.54, 1.807) is 29.2 Å². The molecule has 0 saturated carbocycles. The van der Waals surface area contributed by atoms with E-state index in [2.05, 4.69) is 4.99 Å². The predicted molar refractivity (Wildman–Crippen MR) is 95.0 cm³/mol. The fourth-order valence-corrected chi connectivity index (χ4v) is 3.45. The quantitative estimate of drug-likeness (QED) is 0.773. The summed E-state index contributed by atoms with van der Waals surface area (Å²) in [7, 11) is 0. The van der Waals surface area contributed by atoms with E-state index < -0.39 is 0 Å². The van der Waals surface area contributed by atoms with Gasteiger partial charge in [0.05, 0.1) is 4.91 Å². The lowest BCUT2D eigenvalue weighted by atomic mass is 10.2. The third kappa shape index (κ3) is 3.28. The number of carbonyl (C=O) groups is 1. The van der Waals surface area contributed by atoms with Crippen molar-refractivity contribution in [1.29, 1.82) is 0 Å². The molecule has 0 aliphatic carbocycles. The molecule has 0 radical (unpaired) electrons. The summed E-state index contributed by atoms with van der Waals surface area (Å²) in [6, 6.07) is 9.70. The van der Waals surface area contributed by atoms with Crippen LogP contribution in [0.15, 0.2) is 50.7 Å². The van der Waals surface area contributed by atoms with E-state index in [9.17, 15) is 9.18 Å². The van der Waals surface area contributed by atoms with E-state index in [1.807, 2.05) is 19.9 Å². The molecule has 0 atom stereocenters. The third-order valence-corrected chi connectivity index (χ3v) is 4.57. The maximum absolute atomic E-state index is 13.0. The summed E-state index contributed by atoms with van der Waals surface area (Å²) in [6.07, 6.45) is 1.72. The molecule has 4 nitrogen and oxygen atoms in total. The van der Waals surface area contributed by atoms with Crippen LogP contribution in [-0.2, 0) is 4.79 Å². The van der Waals surface area contributed by atoms with Gasteiger partial charge in [0.25, 0.3) is 5.91 Å². The average molecular weight is 344 g/mol. The van der Waals surface area contributed by atoms with Gasteiger partial charge in [0.1, 0.15) is 17.3 Å². The van der Waals surface area contributed by atoms with Gasteiger partial charge in [-0.05, 0) is 62.0 Å². The van der Waals surface area contributed by atoms with Crippen LogP contribution in [0.5, 0.6) is 0 Å². The van der Waals surface area contributed by atoms with Gasteiger partial charge < -0.3 is 4.42 Å². The van der Waals surface area contributed by atoms with Gasteiger partial charge in [-0.1, -0.05) is 0 Å². The molecule has 0 unspecified atom stereocenters. The van der Waals surface area contributed by atoms with Crippen LogP contribution in [0.3, 0.4) is 0 Å². The molecule has 2 aromatic rings. The minimum Gasteiger partial charge on any atom is -0.457 e. The Balaban J connectivity index is 1.86. The fraction of sp³-hybridized carbons (Fsp3) is 0.222. The molecule has 2 heterocycles. The van der Waals surface area contributed by atoms with Crippen LogP contribution in [0, 0.1) is 5.82 Å². The lowest BCUT2D eigenvalue weighted by Crippen LogP contribution is -2.28. The first-order chi connectivity index (χ1) is 11.6. The van der Waals surface area contributed by atoms with Crippen LogP contribution in [0.25, 0.3) is 17.4 Å². The zero-order chi connectivity index (χ0) is 17.1. The largest absolute Gasteiger partial charge is 0.457 e. The number of amidine groups is 1. The Kier molecular flexibility index (Phi) is 4.85. The number of rotatable bonds is 4. The number of benzene rings is 1.